The lowest BCUT2D eigenvalue weighted by Crippen LogP contribution is -2.50. The van der Waals surface area contributed by atoms with Crippen molar-refractivity contribution in [1.82, 2.24) is 14.9 Å². The highest BCUT2D eigenvalue weighted by molar-refractivity contribution is 7.03. The van der Waals surface area contributed by atoms with Crippen LogP contribution in [0.5, 0.6) is 0 Å². The average molecular weight is 447 g/mol. The molecule has 1 aromatic carbocycles. The Morgan fingerprint density at radius 1 is 1.27 bits per heavy atom. The highest BCUT2D eigenvalue weighted by Gasteiger charge is 2.38. The number of rotatable bonds is 7. The highest BCUT2D eigenvalue weighted by atomic mass is 35.5. The zero-order valence-corrected chi connectivity index (χ0v) is 18.8. The number of carbonyl (C=O) groups is 2. The molecule has 3 aromatic rings. The predicted octanol–water partition coefficient (Wildman–Crippen LogP) is 4.79. The summed E-state index contributed by atoms with van der Waals surface area (Å²) < 4.78 is 9.58. The van der Waals surface area contributed by atoms with E-state index >= 15 is 0 Å². The monoisotopic (exact) mass is 446 g/mol. The van der Waals surface area contributed by atoms with Crippen LogP contribution >= 0.6 is 23.1 Å². The molecule has 9 heteroatoms. The Labute approximate surface area is 184 Å². The standard InChI is InChI=1S/C21H23ClN4O3S/c1-5-21(3,4)23-19(27)18(17-11-10-13(2)29-17)26(16-9-7-6-8-14(16)22)20(28)15-12-30-25-24-15/h6-12,18H,5H2,1-4H3,(H,23,27). The summed E-state index contributed by atoms with van der Waals surface area (Å²) in [5, 5.41) is 8.77. The van der Waals surface area contributed by atoms with Crippen LogP contribution in [0.25, 0.3) is 0 Å². The van der Waals surface area contributed by atoms with E-state index in [1.807, 2.05) is 20.8 Å². The lowest BCUT2D eigenvalue weighted by atomic mass is 10.0. The second-order valence-electron chi connectivity index (χ2n) is 7.49. The lowest BCUT2D eigenvalue weighted by molar-refractivity contribution is -0.124. The molecule has 2 heterocycles. The molecule has 0 spiro atoms. The number of halogens is 1. The van der Waals surface area contributed by atoms with Crippen molar-refractivity contribution in [2.24, 2.45) is 0 Å². The number of hydrogen-bond acceptors (Lipinski definition) is 6. The van der Waals surface area contributed by atoms with E-state index in [4.69, 9.17) is 16.0 Å². The maximum atomic E-state index is 13.5. The lowest BCUT2D eigenvalue weighted by Gasteiger charge is -2.33. The largest absolute Gasteiger partial charge is 0.464 e. The van der Waals surface area contributed by atoms with Gasteiger partial charge in [0.25, 0.3) is 11.8 Å². The topological polar surface area (TPSA) is 88.3 Å². The van der Waals surface area contributed by atoms with Gasteiger partial charge in [-0.05, 0) is 63.0 Å². The Kier molecular flexibility index (Phi) is 6.58. The Bertz CT molecular complexity index is 1030. The number of furan rings is 1. The molecule has 0 fully saturated rings. The minimum Gasteiger partial charge on any atom is -0.464 e. The number of para-hydroxylation sites is 1. The molecule has 1 atom stereocenters. The van der Waals surface area contributed by atoms with Gasteiger partial charge < -0.3 is 9.73 Å². The van der Waals surface area contributed by atoms with Gasteiger partial charge in [0.15, 0.2) is 11.7 Å². The quantitative estimate of drug-likeness (QED) is 0.563. The number of anilines is 1. The zero-order valence-electron chi connectivity index (χ0n) is 17.2. The molecule has 0 radical (unpaired) electrons. The van der Waals surface area contributed by atoms with Crippen molar-refractivity contribution in [3.05, 3.63) is 64.0 Å². The third kappa shape index (κ3) is 4.71. The summed E-state index contributed by atoms with van der Waals surface area (Å²) in [7, 11) is 0. The van der Waals surface area contributed by atoms with E-state index in [1.165, 1.54) is 10.3 Å². The molecule has 0 saturated carbocycles. The summed E-state index contributed by atoms with van der Waals surface area (Å²) in [6.45, 7) is 7.59. The number of nitrogens with one attached hydrogen (secondary N) is 1. The van der Waals surface area contributed by atoms with Gasteiger partial charge in [-0.3, -0.25) is 14.5 Å². The summed E-state index contributed by atoms with van der Waals surface area (Å²) in [6.07, 6.45) is 0.707. The number of carbonyl (C=O) groups excluding carboxylic acids is 2. The number of amides is 2. The summed E-state index contributed by atoms with van der Waals surface area (Å²) in [4.78, 5) is 28.3. The van der Waals surface area contributed by atoms with Crippen LogP contribution in [-0.2, 0) is 4.79 Å². The van der Waals surface area contributed by atoms with E-state index in [2.05, 4.69) is 14.9 Å². The van der Waals surface area contributed by atoms with Gasteiger partial charge in [-0.15, -0.1) is 5.10 Å². The first-order valence-electron chi connectivity index (χ1n) is 9.47. The molecular formula is C21H23ClN4O3S. The van der Waals surface area contributed by atoms with E-state index in [-0.39, 0.29) is 11.6 Å². The molecule has 30 heavy (non-hydrogen) atoms. The van der Waals surface area contributed by atoms with Gasteiger partial charge >= 0.3 is 0 Å². The fourth-order valence-corrected chi connectivity index (χ4v) is 3.52. The minimum atomic E-state index is -1.08. The second-order valence-corrected chi connectivity index (χ2v) is 8.51. The van der Waals surface area contributed by atoms with Gasteiger partial charge in [-0.25, -0.2) is 0 Å². The Balaban J connectivity index is 2.17. The van der Waals surface area contributed by atoms with Gasteiger partial charge in [0.05, 0.1) is 10.7 Å². The van der Waals surface area contributed by atoms with Gasteiger partial charge in [0.1, 0.15) is 11.5 Å². The fourth-order valence-electron chi connectivity index (χ4n) is 2.86. The van der Waals surface area contributed by atoms with Gasteiger partial charge in [-0.2, -0.15) is 0 Å². The van der Waals surface area contributed by atoms with Crippen LogP contribution < -0.4 is 10.2 Å². The van der Waals surface area contributed by atoms with Crippen LogP contribution in [0.4, 0.5) is 5.69 Å². The molecule has 1 unspecified atom stereocenters. The molecule has 0 aliphatic carbocycles. The van der Waals surface area contributed by atoms with Gasteiger partial charge in [-0.1, -0.05) is 35.1 Å². The van der Waals surface area contributed by atoms with Gasteiger partial charge in [0, 0.05) is 10.9 Å². The van der Waals surface area contributed by atoms with Crippen molar-refractivity contribution in [3.8, 4) is 0 Å². The Morgan fingerprint density at radius 3 is 2.57 bits per heavy atom. The summed E-state index contributed by atoms with van der Waals surface area (Å²) in [6, 6.07) is 9.20. The molecule has 3 rings (SSSR count). The summed E-state index contributed by atoms with van der Waals surface area (Å²) >= 11 is 7.49. The first-order chi connectivity index (χ1) is 14.2. The molecule has 0 bridgehead atoms. The molecule has 0 aliphatic rings. The molecule has 2 aromatic heterocycles. The maximum Gasteiger partial charge on any atom is 0.280 e. The summed E-state index contributed by atoms with van der Waals surface area (Å²) in [5.41, 5.74) is 0.0189. The normalized spacial score (nSPS) is 12.4. The smallest absolute Gasteiger partial charge is 0.280 e. The predicted molar refractivity (Wildman–Crippen MR) is 117 cm³/mol. The zero-order chi connectivity index (χ0) is 21.9. The fraction of sp³-hybridized carbons (Fsp3) is 0.333. The maximum absolute atomic E-state index is 13.5. The van der Waals surface area contributed by atoms with E-state index in [1.54, 1.807) is 43.3 Å². The first-order valence-corrected chi connectivity index (χ1v) is 10.7. The number of aromatic nitrogens is 2. The van der Waals surface area contributed by atoms with Crippen LogP contribution in [0.3, 0.4) is 0 Å². The third-order valence-electron chi connectivity index (χ3n) is 4.79. The van der Waals surface area contributed by atoms with Crippen molar-refractivity contribution < 1.29 is 14.0 Å². The average Bonchev–Trinajstić information content (AvgIpc) is 3.38. The molecule has 158 valence electrons. The first kappa shape index (κ1) is 22.0. The Morgan fingerprint density at radius 2 is 2.00 bits per heavy atom. The van der Waals surface area contributed by atoms with E-state index in [0.29, 0.717) is 28.7 Å². The number of nitrogens with zero attached hydrogens (tertiary/aromatic N) is 3. The highest BCUT2D eigenvalue weighted by Crippen LogP contribution is 2.35. The number of aryl methyl sites for hydroxylation is 1. The number of hydrogen-bond donors (Lipinski definition) is 1. The van der Waals surface area contributed by atoms with Gasteiger partial charge in [0.2, 0.25) is 0 Å². The molecule has 0 saturated heterocycles. The SMILES string of the molecule is CCC(C)(C)NC(=O)C(c1ccc(C)o1)N(C(=O)c1csnn1)c1ccccc1Cl. The van der Waals surface area contributed by atoms with Crippen LogP contribution in [0, 0.1) is 6.92 Å². The molecule has 7 nitrogen and oxygen atoms in total. The van der Waals surface area contributed by atoms with E-state index in [0.717, 1.165) is 11.5 Å². The Hall–Kier alpha value is -2.71. The van der Waals surface area contributed by atoms with Crippen molar-refractivity contribution >= 4 is 40.6 Å². The third-order valence-corrected chi connectivity index (χ3v) is 5.62. The number of benzene rings is 1. The van der Waals surface area contributed by atoms with Crippen molar-refractivity contribution in [1.29, 1.82) is 0 Å². The summed E-state index contributed by atoms with van der Waals surface area (Å²) in [5.74, 6) is 0.0702. The van der Waals surface area contributed by atoms with Crippen LogP contribution in [-0.4, -0.2) is 26.9 Å². The minimum absolute atomic E-state index is 0.121. The van der Waals surface area contributed by atoms with Crippen molar-refractivity contribution in [3.63, 3.8) is 0 Å². The molecular weight excluding hydrogens is 424 g/mol. The molecule has 1 N–H and O–H groups in total. The van der Waals surface area contributed by atoms with Crippen LogP contribution in [0.15, 0.2) is 46.2 Å². The van der Waals surface area contributed by atoms with E-state index < -0.39 is 17.5 Å². The van der Waals surface area contributed by atoms with Crippen LogP contribution in [0.2, 0.25) is 5.02 Å². The molecule has 0 aliphatic heterocycles. The van der Waals surface area contributed by atoms with E-state index in [9.17, 15) is 9.59 Å². The second kappa shape index (κ2) is 8.97. The van der Waals surface area contributed by atoms with Crippen molar-refractivity contribution in [2.45, 2.75) is 45.7 Å². The van der Waals surface area contributed by atoms with Crippen LogP contribution in [0.1, 0.15) is 55.2 Å². The van der Waals surface area contributed by atoms with Crippen molar-refractivity contribution in [2.75, 3.05) is 4.90 Å². The molecule has 2 amide bonds.